The normalized spacial score (nSPS) is 11.6. The fourth-order valence-corrected chi connectivity index (χ4v) is 2.26. The molecule has 1 atom stereocenters. The molecule has 0 radical (unpaired) electrons. The molecular weight excluding hydrogens is 284 g/mol. The average molecular weight is 300 g/mol. The molecule has 1 heterocycles. The van der Waals surface area contributed by atoms with Crippen LogP contribution >= 0.6 is 11.3 Å². The molecule has 110 valence electrons. The van der Waals surface area contributed by atoms with Crippen molar-refractivity contribution in [1.82, 2.24) is 20.9 Å². The molecule has 0 bridgehead atoms. The number of urea groups is 1. The van der Waals surface area contributed by atoms with E-state index in [1.807, 2.05) is 0 Å². The van der Waals surface area contributed by atoms with Crippen molar-refractivity contribution in [3.05, 3.63) is 15.6 Å². The molecular formula is C11H16N4O4S. The zero-order valence-corrected chi connectivity index (χ0v) is 12.1. The van der Waals surface area contributed by atoms with Crippen molar-refractivity contribution in [2.24, 2.45) is 0 Å². The number of thiazole rings is 1. The Bertz CT molecular complexity index is 528. The third kappa shape index (κ3) is 4.19. The van der Waals surface area contributed by atoms with Gasteiger partial charge in [0.05, 0.1) is 12.2 Å². The van der Waals surface area contributed by atoms with E-state index in [1.54, 1.807) is 13.8 Å². The first-order valence-corrected chi connectivity index (χ1v) is 6.62. The molecule has 0 aliphatic carbocycles. The summed E-state index contributed by atoms with van der Waals surface area (Å²) in [6, 6.07) is -1.18. The molecule has 1 rings (SSSR count). The molecule has 0 aliphatic rings. The van der Waals surface area contributed by atoms with Crippen LogP contribution in [0, 0.1) is 6.92 Å². The minimum atomic E-state index is -1.04. The Morgan fingerprint density at radius 1 is 1.40 bits per heavy atom. The lowest BCUT2D eigenvalue weighted by Crippen LogP contribution is -2.47. The number of carbonyl (C=O) groups is 3. The van der Waals surface area contributed by atoms with Gasteiger partial charge in [-0.2, -0.15) is 0 Å². The van der Waals surface area contributed by atoms with Crippen LogP contribution in [0.5, 0.6) is 0 Å². The molecule has 0 spiro atoms. The quantitative estimate of drug-likeness (QED) is 0.614. The van der Waals surface area contributed by atoms with Crippen molar-refractivity contribution < 1.29 is 19.5 Å². The number of carboxylic acid groups (broad SMARTS) is 1. The number of aromatic carboxylic acids is 1. The van der Waals surface area contributed by atoms with Gasteiger partial charge in [0.1, 0.15) is 15.9 Å². The summed E-state index contributed by atoms with van der Waals surface area (Å²) in [5, 5.41) is 16.7. The average Bonchev–Trinajstić information content (AvgIpc) is 2.76. The molecule has 0 saturated carbocycles. The molecule has 1 unspecified atom stereocenters. The van der Waals surface area contributed by atoms with Crippen LogP contribution in [-0.4, -0.2) is 41.1 Å². The molecule has 1 aromatic heterocycles. The predicted molar refractivity (Wildman–Crippen MR) is 72.7 cm³/mol. The monoisotopic (exact) mass is 300 g/mol. The third-order valence-electron chi connectivity index (χ3n) is 2.42. The minimum absolute atomic E-state index is 0.102. The lowest BCUT2D eigenvalue weighted by atomic mass is 10.3. The van der Waals surface area contributed by atoms with E-state index in [9.17, 15) is 14.4 Å². The van der Waals surface area contributed by atoms with E-state index in [4.69, 9.17) is 5.11 Å². The Morgan fingerprint density at radius 2 is 2.05 bits per heavy atom. The number of hydrogen-bond donors (Lipinski definition) is 4. The van der Waals surface area contributed by atoms with E-state index in [0.29, 0.717) is 10.7 Å². The Hall–Kier alpha value is -2.16. The fourth-order valence-electron chi connectivity index (χ4n) is 1.41. The first kappa shape index (κ1) is 15.9. The topological polar surface area (TPSA) is 120 Å². The maximum atomic E-state index is 11.5. The van der Waals surface area contributed by atoms with E-state index in [1.165, 1.54) is 7.05 Å². The highest BCUT2D eigenvalue weighted by Crippen LogP contribution is 2.17. The van der Waals surface area contributed by atoms with Gasteiger partial charge in [0.2, 0.25) is 5.91 Å². The summed E-state index contributed by atoms with van der Waals surface area (Å²) < 4.78 is 0. The van der Waals surface area contributed by atoms with Crippen molar-refractivity contribution in [3.8, 4) is 0 Å². The number of carboxylic acids is 1. The highest BCUT2D eigenvalue weighted by molar-refractivity contribution is 7.13. The number of aryl methyl sites for hydroxylation is 1. The van der Waals surface area contributed by atoms with Gasteiger partial charge >= 0.3 is 12.0 Å². The smallest absolute Gasteiger partial charge is 0.347 e. The first-order chi connectivity index (χ1) is 9.35. The van der Waals surface area contributed by atoms with Crippen molar-refractivity contribution >= 4 is 29.2 Å². The maximum absolute atomic E-state index is 11.5. The Balaban J connectivity index is 2.51. The molecule has 0 aromatic carbocycles. The number of rotatable bonds is 5. The first-order valence-electron chi connectivity index (χ1n) is 5.80. The van der Waals surface area contributed by atoms with Gasteiger partial charge in [-0.3, -0.25) is 4.79 Å². The van der Waals surface area contributed by atoms with Gasteiger partial charge in [-0.05, 0) is 13.8 Å². The molecule has 0 aliphatic heterocycles. The number of aromatic nitrogens is 1. The van der Waals surface area contributed by atoms with Gasteiger partial charge in [0, 0.05) is 7.05 Å². The van der Waals surface area contributed by atoms with E-state index in [2.05, 4.69) is 20.9 Å². The number of nitrogens with zero attached hydrogens (tertiary/aromatic N) is 1. The molecule has 0 saturated heterocycles. The van der Waals surface area contributed by atoms with Crippen molar-refractivity contribution in [1.29, 1.82) is 0 Å². The second kappa shape index (κ2) is 6.85. The van der Waals surface area contributed by atoms with Crippen LogP contribution in [0.25, 0.3) is 0 Å². The minimum Gasteiger partial charge on any atom is -0.477 e. The highest BCUT2D eigenvalue weighted by atomic mass is 32.1. The largest absolute Gasteiger partial charge is 0.477 e. The van der Waals surface area contributed by atoms with Crippen molar-refractivity contribution in [2.75, 3.05) is 7.05 Å². The number of amides is 3. The number of likely N-dealkylation sites (N-methyl/N-ethyl adjacent to an activating group) is 1. The van der Waals surface area contributed by atoms with Crippen LogP contribution in [0.1, 0.15) is 27.3 Å². The molecule has 20 heavy (non-hydrogen) atoms. The molecule has 8 nitrogen and oxygen atoms in total. The van der Waals surface area contributed by atoms with Gasteiger partial charge in [0.15, 0.2) is 0 Å². The molecule has 1 aromatic rings. The van der Waals surface area contributed by atoms with Gasteiger partial charge < -0.3 is 21.1 Å². The zero-order chi connectivity index (χ0) is 15.3. The molecule has 4 N–H and O–H groups in total. The summed E-state index contributed by atoms with van der Waals surface area (Å²) in [5.74, 6) is -1.35. The van der Waals surface area contributed by atoms with E-state index in [-0.39, 0.29) is 17.3 Å². The van der Waals surface area contributed by atoms with Gasteiger partial charge in [-0.25, -0.2) is 14.6 Å². The van der Waals surface area contributed by atoms with Crippen LogP contribution in [0.4, 0.5) is 4.79 Å². The zero-order valence-electron chi connectivity index (χ0n) is 11.3. The second-order valence-electron chi connectivity index (χ2n) is 3.99. The standard InChI is InChI=1S/C11H16N4O4S/c1-5-8(10(17)18)20-7(14-5)4-13-11(19)15-6(2)9(16)12-3/h6H,4H2,1-3H3,(H,12,16)(H,17,18)(H2,13,15,19). The van der Waals surface area contributed by atoms with Crippen LogP contribution in [0.3, 0.4) is 0 Å². The maximum Gasteiger partial charge on any atom is 0.347 e. The summed E-state index contributed by atoms with van der Waals surface area (Å²) in [6.45, 7) is 3.25. The number of hydrogen-bond acceptors (Lipinski definition) is 5. The van der Waals surface area contributed by atoms with Crippen molar-refractivity contribution in [3.63, 3.8) is 0 Å². The highest BCUT2D eigenvalue weighted by Gasteiger charge is 2.16. The van der Waals surface area contributed by atoms with Crippen LogP contribution in [0.15, 0.2) is 0 Å². The summed E-state index contributed by atoms with van der Waals surface area (Å²) in [5.41, 5.74) is 0.415. The predicted octanol–water partition coefficient (Wildman–Crippen LogP) is 0.0834. The third-order valence-corrected chi connectivity index (χ3v) is 3.57. The molecule has 0 fully saturated rings. The second-order valence-corrected chi connectivity index (χ2v) is 5.07. The van der Waals surface area contributed by atoms with E-state index >= 15 is 0 Å². The van der Waals surface area contributed by atoms with Crippen LogP contribution in [-0.2, 0) is 11.3 Å². The molecule has 3 amide bonds. The summed E-state index contributed by atoms with van der Waals surface area (Å²) >= 11 is 1.01. The molecule has 9 heteroatoms. The summed E-state index contributed by atoms with van der Waals surface area (Å²) in [6.07, 6.45) is 0. The lowest BCUT2D eigenvalue weighted by Gasteiger charge is -2.12. The lowest BCUT2D eigenvalue weighted by molar-refractivity contribution is -0.122. The fraction of sp³-hybridized carbons (Fsp3) is 0.455. The Morgan fingerprint density at radius 3 is 2.55 bits per heavy atom. The number of nitrogens with one attached hydrogen (secondary N) is 3. The number of carbonyl (C=O) groups excluding carboxylic acids is 2. The summed E-state index contributed by atoms with van der Waals surface area (Å²) in [7, 11) is 1.48. The van der Waals surface area contributed by atoms with Crippen LogP contribution < -0.4 is 16.0 Å². The Labute approximate surface area is 119 Å². The van der Waals surface area contributed by atoms with Gasteiger partial charge in [0.25, 0.3) is 0 Å². The van der Waals surface area contributed by atoms with Gasteiger partial charge in [-0.15, -0.1) is 11.3 Å². The van der Waals surface area contributed by atoms with Gasteiger partial charge in [-0.1, -0.05) is 0 Å². The Kier molecular flexibility index (Phi) is 5.44. The van der Waals surface area contributed by atoms with Crippen LogP contribution in [0.2, 0.25) is 0 Å². The summed E-state index contributed by atoms with van der Waals surface area (Å²) in [4.78, 5) is 37.8. The SMILES string of the molecule is CNC(=O)C(C)NC(=O)NCc1nc(C)c(C(=O)O)s1. The van der Waals surface area contributed by atoms with Crippen molar-refractivity contribution in [2.45, 2.75) is 26.4 Å². The van der Waals surface area contributed by atoms with E-state index < -0.39 is 18.0 Å². The van der Waals surface area contributed by atoms with E-state index in [0.717, 1.165) is 11.3 Å².